The Hall–Kier alpha value is -2.90. The quantitative estimate of drug-likeness (QED) is 0.541. The van der Waals surface area contributed by atoms with E-state index in [0.717, 1.165) is 6.07 Å². The third-order valence-electron chi connectivity index (χ3n) is 3.24. The second kappa shape index (κ2) is 5.47. The van der Waals surface area contributed by atoms with Crippen molar-refractivity contribution in [1.29, 1.82) is 0 Å². The van der Waals surface area contributed by atoms with E-state index in [4.69, 9.17) is 9.84 Å². The number of fused-ring (bicyclic) bond motifs is 1. The molecule has 0 aliphatic carbocycles. The van der Waals surface area contributed by atoms with Gasteiger partial charge in [0.05, 0.1) is 12.0 Å². The van der Waals surface area contributed by atoms with Gasteiger partial charge in [-0.05, 0) is 6.92 Å². The molecule has 0 fully saturated rings. The lowest BCUT2D eigenvalue weighted by Crippen LogP contribution is -2.36. The van der Waals surface area contributed by atoms with E-state index in [0.29, 0.717) is 0 Å². The maximum Gasteiger partial charge on any atom is 0.340 e. The van der Waals surface area contributed by atoms with Crippen LogP contribution in [-0.2, 0) is 9.59 Å². The van der Waals surface area contributed by atoms with Crippen LogP contribution in [0.5, 0.6) is 17.2 Å². The molecule has 1 aromatic rings. The Balaban J connectivity index is 2.54. The van der Waals surface area contributed by atoms with Crippen LogP contribution in [0.25, 0.3) is 0 Å². The third-order valence-corrected chi connectivity index (χ3v) is 3.24. The first kappa shape index (κ1) is 15.5. The van der Waals surface area contributed by atoms with Crippen molar-refractivity contribution in [3.8, 4) is 17.2 Å². The molecule has 22 heavy (non-hydrogen) atoms. The number of benzene rings is 1. The first-order valence-corrected chi connectivity index (χ1v) is 6.25. The zero-order chi connectivity index (χ0) is 16.6. The zero-order valence-electron chi connectivity index (χ0n) is 11.5. The predicted octanol–water partition coefficient (Wildman–Crippen LogP) is 0.535. The number of carboxylic acids is 1. The smallest absolute Gasteiger partial charge is 0.340 e. The molecule has 0 aromatic heterocycles. The SMILES string of the molecule is CC(=O)CC(=O)[C@@H]1COc2cc(O)c(O)c(C(=O)O)c2C1=O. The number of phenols is 2. The molecule has 1 aliphatic rings. The minimum atomic E-state index is -1.65. The molecule has 1 heterocycles. The highest BCUT2D eigenvalue weighted by Crippen LogP contribution is 2.41. The van der Waals surface area contributed by atoms with Crippen LogP contribution in [0.1, 0.15) is 34.1 Å². The molecule has 1 atom stereocenters. The molecule has 0 amide bonds. The first-order valence-electron chi connectivity index (χ1n) is 6.25. The van der Waals surface area contributed by atoms with Crippen LogP contribution in [0, 0.1) is 5.92 Å². The number of carbonyl (C=O) groups excluding carboxylic acids is 3. The van der Waals surface area contributed by atoms with Gasteiger partial charge in [-0.2, -0.15) is 0 Å². The van der Waals surface area contributed by atoms with Crippen molar-refractivity contribution >= 4 is 23.3 Å². The number of hydrogen-bond acceptors (Lipinski definition) is 7. The van der Waals surface area contributed by atoms with E-state index >= 15 is 0 Å². The molecule has 116 valence electrons. The lowest BCUT2D eigenvalue weighted by Gasteiger charge is -2.24. The molecule has 1 aromatic carbocycles. The van der Waals surface area contributed by atoms with E-state index in [2.05, 4.69) is 0 Å². The number of aromatic hydroxyl groups is 2. The highest BCUT2D eigenvalue weighted by Gasteiger charge is 2.39. The fraction of sp³-hybridized carbons (Fsp3) is 0.286. The van der Waals surface area contributed by atoms with Gasteiger partial charge in [0, 0.05) is 6.07 Å². The number of rotatable bonds is 4. The fourth-order valence-electron chi connectivity index (χ4n) is 2.23. The van der Waals surface area contributed by atoms with Gasteiger partial charge in [-0.15, -0.1) is 0 Å². The molecule has 0 saturated heterocycles. The summed E-state index contributed by atoms with van der Waals surface area (Å²) in [7, 11) is 0. The average molecular weight is 308 g/mol. The highest BCUT2D eigenvalue weighted by atomic mass is 16.5. The minimum absolute atomic E-state index is 0.232. The van der Waals surface area contributed by atoms with Gasteiger partial charge in [-0.1, -0.05) is 0 Å². The molecule has 3 N–H and O–H groups in total. The van der Waals surface area contributed by atoms with E-state index in [9.17, 15) is 29.4 Å². The monoisotopic (exact) mass is 308 g/mol. The fourth-order valence-corrected chi connectivity index (χ4v) is 2.23. The summed E-state index contributed by atoms with van der Waals surface area (Å²) in [6, 6.07) is 0.903. The maximum atomic E-state index is 12.4. The average Bonchev–Trinajstić information content (AvgIpc) is 2.39. The number of aromatic carboxylic acids is 1. The third kappa shape index (κ3) is 2.50. The molecule has 0 bridgehead atoms. The summed E-state index contributed by atoms with van der Waals surface area (Å²) < 4.78 is 5.15. The van der Waals surface area contributed by atoms with Gasteiger partial charge in [0.2, 0.25) is 0 Å². The van der Waals surface area contributed by atoms with Crippen molar-refractivity contribution in [1.82, 2.24) is 0 Å². The number of hydrogen-bond donors (Lipinski definition) is 3. The van der Waals surface area contributed by atoms with Gasteiger partial charge in [0.1, 0.15) is 29.6 Å². The standard InChI is InChI=1S/C14H12O8/c1-5(15)2-7(16)6-4-22-9-3-8(17)13(19)11(14(20)21)10(9)12(6)18/h3,6,17,19H,2,4H2,1H3,(H,20,21)/t6-/m0/s1. The van der Waals surface area contributed by atoms with Crippen molar-refractivity contribution in [2.75, 3.05) is 6.61 Å². The van der Waals surface area contributed by atoms with Crippen LogP contribution < -0.4 is 4.74 Å². The highest BCUT2D eigenvalue weighted by molar-refractivity contribution is 6.19. The first-order chi connectivity index (χ1) is 10.2. The summed E-state index contributed by atoms with van der Waals surface area (Å²) >= 11 is 0. The summed E-state index contributed by atoms with van der Waals surface area (Å²) in [5.41, 5.74) is -1.32. The topological polar surface area (TPSA) is 138 Å². The van der Waals surface area contributed by atoms with Crippen LogP contribution in [-0.4, -0.2) is 45.2 Å². The Kier molecular flexibility index (Phi) is 3.85. The van der Waals surface area contributed by atoms with Gasteiger partial charge in [-0.25, -0.2) is 4.79 Å². The van der Waals surface area contributed by atoms with Gasteiger partial charge >= 0.3 is 5.97 Å². The Bertz CT molecular complexity index is 703. The van der Waals surface area contributed by atoms with Crippen LogP contribution >= 0.6 is 0 Å². The molecule has 0 radical (unpaired) electrons. The molecule has 0 unspecified atom stereocenters. The van der Waals surface area contributed by atoms with Crippen molar-refractivity contribution in [2.45, 2.75) is 13.3 Å². The number of carboxylic acid groups (broad SMARTS) is 1. The van der Waals surface area contributed by atoms with E-state index < -0.39 is 58.3 Å². The lowest BCUT2D eigenvalue weighted by atomic mass is 9.87. The second-order valence-electron chi connectivity index (χ2n) is 4.87. The van der Waals surface area contributed by atoms with Crippen molar-refractivity contribution in [3.63, 3.8) is 0 Å². The summed E-state index contributed by atoms with van der Waals surface area (Å²) in [5, 5.41) is 28.2. The summed E-state index contributed by atoms with van der Waals surface area (Å²) in [4.78, 5) is 46.5. The molecule has 0 saturated carbocycles. The molecular weight excluding hydrogens is 296 g/mol. The van der Waals surface area contributed by atoms with Gasteiger partial charge in [0.25, 0.3) is 0 Å². The van der Waals surface area contributed by atoms with Crippen molar-refractivity contribution in [3.05, 3.63) is 17.2 Å². The van der Waals surface area contributed by atoms with Crippen LogP contribution in [0.2, 0.25) is 0 Å². The van der Waals surface area contributed by atoms with E-state index in [1.165, 1.54) is 6.92 Å². The number of carbonyl (C=O) groups is 4. The normalized spacial score (nSPS) is 16.6. The zero-order valence-corrected chi connectivity index (χ0v) is 11.5. The maximum absolute atomic E-state index is 12.4. The van der Waals surface area contributed by atoms with E-state index in [1.54, 1.807) is 0 Å². The predicted molar refractivity (Wildman–Crippen MR) is 70.4 cm³/mol. The van der Waals surface area contributed by atoms with Gasteiger partial charge in [0.15, 0.2) is 23.1 Å². The largest absolute Gasteiger partial charge is 0.504 e. The summed E-state index contributed by atoms with van der Waals surface area (Å²) in [6.07, 6.45) is -0.471. The number of phenolic OH excluding ortho intramolecular Hbond substituents is 1. The lowest BCUT2D eigenvalue weighted by molar-refractivity contribution is -0.128. The number of ketones is 3. The van der Waals surface area contributed by atoms with Gasteiger partial charge < -0.3 is 20.1 Å². The molecule has 1 aliphatic heterocycles. The molecule has 8 heteroatoms. The molecule has 8 nitrogen and oxygen atoms in total. The van der Waals surface area contributed by atoms with E-state index in [1.807, 2.05) is 0 Å². The Morgan fingerprint density at radius 1 is 1.32 bits per heavy atom. The van der Waals surface area contributed by atoms with Crippen LogP contribution in [0.3, 0.4) is 0 Å². The van der Waals surface area contributed by atoms with Crippen molar-refractivity contribution in [2.24, 2.45) is 5.92 Å². The number of ether oxygens (including phenoxy) is 1. The van der Waals surface area contributed by atoms with Crippen LogP contribution in [0.15, 0.2) is 6.07 Å². The van der Waals surface area contributed by atoms with Gasteiger partial charge in [-0.3, -0.25) is 14.4 Å². The Morgan fingerprint density at radius 2 is 1.95 bits per heavy atom. The molecule has 0 spiro atoms. The molecule has 2 rings (SSSR count). The van der Waals surface area contributed by atoms with E-state index in [-0.39, 0.29) is 12.4 Å². The number of Topliss-reactive ketones (excluding diaryl/α,β-unsaturated/α-hetero) is 3. The summed E-state index contributed by atoms with van der Waals surface area (Å²) in [5.74, 6) is -6.92. The van der Waals surface area contributed by atoms with Crippen LogP contribution in [0.4, 0.5) is 0 Å². The second-order valence-corrected chi connectivity index (χ2v) is 4.87. The molecular formula is C14H12O8. The summed E-state index contributed by atoms with van der Waals surface area (Å²) in [6.45, 7) is 0.827. The Labute approximate surface area is 123 Å². The Morgan fingerprint density at radius 3 is 2.50 bits per heavy atom. The van der Waals surface area contributed by atoms with Crippen molar-refractivity contribution < 1.29 is 39.2 Å². The minimum Gasteiger partial charge on any atom is -0.504 e.